The zero-order valence-electron chi connectivity index (χ0n) is 19.6. The van der Waals surface area contributed by atoms with Crippen molar-refractivity contribution in [2.75, 3.05) is 27.9 Å². The lowest BCUT2D eigenvalue weighted by atomic mass is 10.0. The van der Waals surface area contributed by atoms with Crippen LogP contribution in [-0.4, -0.2) is 58.0 Å². The number of nitrogens with zero attached hydrogens (tertiary/aromatic N) is 2. The third-order valence-electron chi connectivity index (χ3n) is 4.65. The molecule has 0 amide bonds. The molecule has 8 nitrogen and oxygen atoms in total. The number of hydrogen-bond acceptors (Lipinski definition) is 8. The Morgan fingerprint density at radius 2 is 1.86 bits per heavy atom. The molecule has 0 N–H and O–H groups in total. The van der Waals surface area contributed by atoms with E-state index in [-0.39, 0.29) is 33.5 Å². The van der Waals surface area contributed by atoms with Gasteiger partial charge in [0.15, 0.2) is 0 Å². The predicted octanol–water partition coefficient (Wildman–Crippen LogP) is 5.31. The molecule has 0 aliphatic carbocycles. The molecule has 0 fully saturated rings. The first-order valence-electron chi connectivity index (χ1n) is 9.81. The number of carbonyl (C=O) groups is 1. The van der Waals surface area contributed by atoms with Gasteiger partial charge in [0.2, 0.25) is 5.88 Å². The van der Waals surface area contributed by atoms with E-state index in [1.165, 1.54) is 14.2 Å². The second kappa shape index (κ2) is 12.7. The second-order valence-electron chi connectivity index (χ2n) is 7.02. The monoisotopic (exact) mass is 560 g/mol. The highest BCUT2D eigenvalue weighted by Crippen LogP contribution is 2.47. The molecular weight excluding hydrogens is 536 g/mol. The van der Waals surface area contributed by atoms with Crippen LogP contribution >= 0.6 is 23.2 Å². The first-order valence-corrected chi connectivity index (χ1v) is 12.0. The van der Waals surface area contributed by atoms with Crippen molar-refractivity contribution in [2.24, 2.45) is 0 Å². The number of hydrogen-bond donors (Lipinski definition) is 0. The molecule has 0 radical (unpaired) electrons. The molecule has 1 aromatic carbocycles. The Labute approximate surface area is 211 Å². The normalized spacial score (nSPS) is 15.3. The van der Waals surface area contributed by atoms with E-state index >= 15 is 0 Å². The number of rotatable bonds is 5. The molecule has 0 spiro atoms. The van der Waals surface area contributed by atoms with Crippen LogP contribution in [0.5, 0.6) is 11.6 Å². The average Bonchev–Trinajstić information content (AvgIpc) is 3.06. The standard InChI is InChI=1S/C15H13Cl2F3N2O4S.C3H6O2.C3H6/c1-6-10-8(5-22(6)2)7-4-9(25-3)11(16)12(17)13(7)21-14(10)26-27(23,24)15(18,19)20;1-5-3-2-4;1-3-2/h4,6H,5H2,1-3H3;2H,3H2,1H3;3H,1H2,2H3. The lowest BCUT2D eigenvalue weighted by molar-refractivity contribution is -0.110. The molecule has 1 aliphatic heterocycles. The number of carbonyl (C=O) groups excluding carboxylic acids is 1. The maximum Gasteiger partial charge on any atom is 0.534 e. The first-order chi connectivity index (χ1) is 16.2. The van der Waals surface area contributed by atoms with Gasteiger partial charge in [-0.15, -0.1) is 6.58 Å². The number of benzene rings is 1. The second-order valence-corrected chi connectivity index (χ2v) is 9.31. The van der Waals surface area contributed by atoms with Gasteiger partial charge in [-0.05, 0) is 32.5 Å². The van der Waals surface area contributed by atoms with E-state index in [1.54, 1.807) is 31.0 Å². The van der Waals surface area contributed by atoms with E-state index in [0.29, 0.717) is 23.8 Å². The Bertz CT molecular complexity index is 1180. The fourth-order valence-electron chi connectivity index (χ4n) is 3.01. The van der Waals surface area contributed by atoms with Gasteiger partial charge in [-0.2, -0.15) is 21.6 Å². The number of alkyl halides is 3. The quantitative estimate of drug-likeness (QED) is 0.210. The van der Waals surface area contributed by atoms with Crippen LogP contribution in [0.15, 0.2) is 18.7 Å². The molecule has 0 bridgehead atoms. The van der Waals surface area contributed by atoms with Crippen molar-refractivity contribution in [1.82, 2.24) is 9.88 Å². The van der Waals surface area contributed by atoms with E-state index in [0.717, 1.165) is 0 Å². The summed E-state index contributed by atoms with van der Waals surface area (Å²) in [5, 5.41) is 0.414. The minimum Gasteiger partial charge on any atom is -0.495 e. The number of aldehydes is 1. The van der Waals surface area contributed by atoms with Crippen LogP contribution in [0.1, 0.15) is 31.0 Å². The van der Waals surface area contributed by atoms with E-state index < -0.39 is 27.5 Å². The number of fused-ring (bicyclic) bond motifs is 3. The van der Waals surface area contributed by atoms with Crippen molar-refractivity contribution in [1.29, 1.82) is 0 Å². The highest BCUT2D eigenvalue weighted by molar-refractivity contribution is 7.88. The van der Waals surface area contributed by atoms with Crippen LogP contribution in [0.25, 0.3) is 10.9 Å². The van der Waals surface area contributed by atoms with Crippen molar-refractivity contribution in [3.05, 3.63) is 39.9 Å². The minimum absolute atomic E-state index is 0.00291. The number of methoxy groups -OCH3 is 2. The molecule has 14 heteroatoms. The smallest absolute Gasteiger partial charge is 0.495 e. The molecule has 35 heavy (non-hydrogen) atoms. The van der Waals surface area contributed by atoms with Crippen LogP contribution in [0.2, 0.25) is 10.0 Å². The Kier molecular flexibility index (Phi) is 11.2. The van der Waals surface area contributed by atoms with Gasteiger partial charge >= 0.3 is 15.6 Å². The van der Waals surface area contributed by atoms with Crippen LogP contribution < -0.4 is 8.92 Å². The van der Waals surface area contributed by atoms with Crippen LogP contribution in [0, 0.1) is 0 Å². The molecule has 1 aliphatic rings. The van der Waals surface area contributed by atoms with Crippen molar-refractivity contribution >= 4 is 50.5 Å². The lowest BCUT2D eigenvalue weighted by Crippen LogP contribution is -2.29. The number of pyridine rings is 1. The summed E-state index contributed by atoms with van der Waals surface area (Å²) in [4.78, 5) is 15.0. The highest BCUT2D eigenvalue weighted by Gasteiger charge is 2.49. The Hall–Kier alpha value is -2.12. The summed E-state index contributed by atoms with van der Waals surface area (Å²) in [6.45, 7) is 7.47. The number of aromatic nitrogens is 1. The van der Waals surface area contributed by atoms with Crippen LogP contribution in [-0.2, 0) is 26.2 Å². The SMILES string of the molecule is C=CC.COCC=O.COc1cc2c3c(c(OS(=O)(=O)C(F)(F)F)nc2c(Cl)c1Cl)C(C)N(C)C3. The van der Waals surface area contributed by atoms with Crippen molar-refractivity contribution in [3.8, 4) is 11.6 Å². The van der Waals surface area contributed by atoms with Crippen molar-refractivity contribution in [3.63, 3.8) is 0 Å². The largest absolute Gasteiger partial charge is 0.534 e. The van der Waals surface area contributed by atoms with E-state index in [1.807, 2.05) is 6.92 Å². The highest BCUT2D eigenvalue weighted by atomic mass is 35.5. The topological polar surface area (TPSA) is 95.0 Å². The Balaban J connectivity index is 0.000000669. The summed E-state index contributed by atoms with van der Waals surface area (Å²) in [6.07, 6.45) is 2.46. The van der Waals surface area contributed by atoms with Gasteiger partial charge in [-0.1, -0.05) is 29.3 Å². The molecular formula is C21H25Cl2F3N2O6S. The number of allylic oxidation sites excluding steroid dienone is 1. The third-order valence-corrected chi connectivity index (χ3v) is 6.44. The van der Waals surface area contributed by atoms with Gasteiger partial charge in [-0.25, -0.2) is 4.98 Å². The van der Waals surface area contributed by atoms with E-state index in [2.05, 4.69) is 20.5 Å². The lowest BCUT2D eigenvalue weighted by Gasteiger charge is -2.18. The fourth-order valence-corrected chi connectivity index (χ4v) is 3.90. The minimum atomic E-state index is -5.90. The van der Waals surface area contributed by atoms with Gasteiger partial charge in [0.05, 0.1) is 17.6 Å². The maximum atomic E-state index is 12.8. The molecule has 2 aromatic rings. The van der Waals surface area contributed by atoms with E-state index in [9.17, 15) is 26.4 Å². The number of halogens is 5. The summed E-state index contributed by atoms with van der Waals surface area (Å²) in [6, 6.07) is 1.12. The molecule has 1 atom stereocenters. The van der Waals surface area contributed by atoms with Gasteiger partial charge in [0.1, 0.15) is 23.7 Å². The average molecular weight is 561 g/mol. The van der Waals surface area contributed by atoms with Gasteiger partial charge in [-0.3, -0.25) is 4.90 Å². The summed E-state index contributed by atoms with van der Waals surface area (Å²) in [5.41, 5.74) is -4.79. The summed E-state index contributed by atoms with van der Waals surface area (Å²) in [5.74, 6) is -0.410. The number of ether oxygens (including phenoxy) is 2. The zero-order chi connectivity index (χ0) is 27.1. The summed E-state index contributed by atoms with van der Waals surface area (Å²) < 4.78 is 75.2. The van der Waals surface area contributed by atoms with Crippen LogP contribution in [0.3, 0.4) is 0 Å². The van der Waals surface area contributed by atoms with Gasteiger partial charge in [0, 0.05) is 30.6 Å². The molecule has 1 unspecified atom stereocenters. The van der Waals surface area contributed by atoms with Crippen molar-refractivity contribution in [2.45, 2.75) is 31.9 Å². The Morgan fingerprint density at radius 1 is 1.29 bits per heavy atom. The fraction of sp³-hybridized carbons (Fsp3) is 0.429. The van der Waals surface area contributed by atoms with E-state index in [4.69, 9.17) is 27.9 Å². The maximum absolute atomic E-state index is 12.8. The molecule has 1 aromatic heterocycles. The first kappa shape index (κ1) is 30.9. The predicted molar refractivity (Wildman–Crippen MR) is 128 cm³/mol. The zero-order valence-corrected chi connectivity index (χ0v) is 21.9. The van der Waals surface area contributed by atoms with Gasteiger partial charge in [0.25, 0.3) is 0 Å². The molecule has 0 saturated carbocycles. The van der Waals surface area contributed by atoms with Crippen molar-refractivity contribution < 1.29 is 40.0 Å². The molecule has 3 rings (SSSR count). The molecule has 2 heterocycles. The van der Waals surface area contributed by atoms with Crippen LogP contribution in [0.4, 0.5) is 13.2 Å². The molecule has 0 saturated heterocycles. The van der Waals surface area contributed by atoms with Gasteiger partial charge < -0.3 is 18.5 Å². The summed E-state index contributed by atoms with van der Waals surface area (Å²) in [7, 11) is -1.30. The molecule has 196 valence electrons. The third kappa shape index (κ3) is 6.98. The Morgan fingerprint density at radius 3 is 2.29 bits per heavy atom. The summed E-state index contributed by atoms with van der Waals surface area (Å²) >= 11 is 12.3.